The van der Waals surface area contributed by atoms with Crippen molar-refractivity contribution in [1.29, 1.82) is 0 Å². The third kappa shape index (κ3) is 3.72. The van der Waals surface area contributed by atoms with Gasteiger partial charge in [-0.05, 0) is 49.1 Å². The van der Waals surface area contributed by atoms with Gasteiger partial charge in [0.05, 0.1) is 6.54 Å². The first-order chi connectivity index (χ1) is 14.3. The molecule has 0 fully saturated rings. The highest BCUT2D eigenvalue weighted by atomic mass is 19.1. The van der Waals surface area contributed by atoms with E-state index in [9.17, 15) is 22.8 Å². The summed E-state index contributed by atoms with van der Waals surface area (Å²) in [5.74, 6) is -2.47. The molecule has 0 unspecified atom stereocenters. The summed E-state index contributed by atoms with van der Waals surface area (Å²) in [7, 11) is 0. The molecule has 1 N–H and O–H groups in total. The number of Topliss-reactive ketones (excluding diaryl/α,β-unsaturated/α-hetero) is 1. The molecule has 0 atom stereocenters. The molecule has 0 saturated heterocycles. The molecule has 1 aliphatic rings. The van der Waals surface area contributed by atoms with Gasteiger partial charge in [0.1, 0.15) is 11.6 Å². The quantitative estimate of drug-likeness (QED) is 0.694. The Kier molecular flexibility index (Phi) is 5.15. The summed E-state index contributed by atoms with van der Waals surface area (Å²) in [6.45, 7) is 1.20. The van der Waals surface area contributed by atoms with Crippen LogP contribution in [0.15, 0.2) is 41.3 Å². The Bertz CT molecular complexity index is 1200. The van der Waals surface area contributed by atoms with E-state index in [-0.39, 0.29) is 29.4 Å². The van der Waals surface area contributed by atoms with Crippen LogP contribution in [0.25, 0.3) is 0 Å². The maximum absolute atomic E-state index is 13.9. The van der Waals surface area contributed by atoms with E-state index in [1.54, 1.807) is 18.2 Å². The van der Waals surface area contributed by atoms with Crippen molar-refractivity contribution in [1.82, 2.24) is 9.55 Å². The molecule has 5 nitrogen and oxygen atoms in total. The number of ketones is 1. The monoisotopic (exact) mass is 413 g/mol. The summed E-state index contributed by atoms with van der Waals surface area (Å²) >= 11 is 0. The van der Waals surface area contributed by atoms with E-state index in [0.29, 0.717) is 30.5 Å². The first-order valence-corrected chi connectivity index (χ1v) is 9.47. The van der Waals surface area contributed by atoms with Crippen LogP contribution in [0.5, 0.6) is 0 Å². The predicted molar refractivity (Wildman–Crippen MR) is 106 cm³/mol. The second-order valence-corrected chi connectivity index (χ2v) is 7.26. The maximum atomic E-state index is 13.9. The van der Waals surface area contributed by atoms with Gasteiger partial charge < -0.3 is 9.88 Å². The van der Waals surface area contributed by atoms with E-state index >= 15 is 0 Å². The Morgan fingerprint density at radius 3 is 2.53 bits per heavy atom. The lowest BCUT2D eigenvalue weighted by Crippen LogP contribution is -2.21. The van der Waals surface area contributed by atoms with Crippen LogP contribution in [-0.2, 0) is 13.0 Å². The van der Waals surface area contributed by atoms with Crippen molar-refractivity contribution in [2.75, 3.05) is 5.32 Å². The van der Waals surface area contributed by atoms with Crippen LogP contribution in [0.2, 0.25) is 0 Å². The van der Waals surface area contributed by atoms with Crippen molar-refractivity contribution in [3.8, 4) is 0 Å². The second-order valence-electron chi connectivity index (χ2n) is 7.26. The standard InChI is InChI=1S/C22H18F3N3O2/c1-12-16(23)8-13(9-17(12)24)10-28-11-18(25)21(30)27-22(28)26-19-6-2-5-15-14(19)4-3-7-20(15)29/h2,5-6,8-9,11H,3-4,7,10H2,1H3,(H,26,27,30). The lowest BCUT2D eigenvalue weighted by Gasteiger charge is -2.20. The number of nitrogens with zero attached hydrogens (tertiary/aromatic N) is 2. The Labute approximate surface area is 170 Å². The fraction of sp³-hybridized carbons (Fsp3) is 0.227. The molecule has 0 radical (unpaired) electrons. The Hall–Kier alpha value is -3.42. The SMILES string of the molecule is Cc1c(F)cc(Cn2cc(F)c(=O)nc2Nc2cccc3c2CCCC3=O)cc1F. The Morgan fingerprint density at radius 2 is 1.80 bits per heavy atom. The van der Waals surface area contributed by atoms with Crippen molar-refractivity contribution < 1.29 is 18.0 Å². The summed E-state index contributed by atoms with van der Waals surface area (Å²) in [5, 5.41) is 3.00. The number of carbonyl (C=O) groups is 1. The Balaban J connectivity index is 1.75. The van der Waals surface area contributed by atoms with Crippen LogP contribution in [0.4, 0.5) is 24.8 Å². The minimum absolute atomic E-state index is 0.00853. The number of carbonyl (C=O) groups excluding carboxylic acids is 1. The highest BCUT2D eigenvalue weighted by molar-refractivity contribution is 6.00. The van der Waals surface area contributed by atoms with Gasteiger partial charge in [-0.25, -0.2) is 8.78 Å². The Morgan fingerprint density at radius 1 is 1.07 bits per heavy atom. The van der Waals surface area contributed by atoms with Crippen LogP contribution in [0.1, 0.15) is 39.9 Å². The summed E-state index contributed by atoms with van der Waals surface area (Å²) in [6.07, 6.45) is 2.79. The molecule has 30 heavy (non-hydrogen) atoms. The van der Waals surface area contributed by atoms with Crippen LogP contribution >= 0.6 is 0 Å². The van der Waals surface area contributed by atoms with Gasteiger partial charge >= 0.3 is 5.56 Å². The number of aromatic nitrogens is 2. The third-order valence-corrected chi connectivity index (χ3v) is 5.20. The normalized spacial score (nSPS) is 13.3. The fourth-order valence-electron chi connectivity index (χ4n) is 3.59. The molecule has 0 amide bonds. The lowest BCUT2D eigenvalue weighted by molar-refractivity contribution is 0.0972. The zero-order valence-electron chi connectivity index (χ0n) is 16.1. The average Bonchev–Trinajstić information content (AvgIpc) is 2.70. The highest BCUT2D eigenvalue weighted by Crippen LogP contribution is 2.29. The van der Waals surface area contributed by atoms with Crippen molar-refractivity contribution in [3.05, 3.63) is 86.6 Å². The molecule has 0 aliphatic heterocycles. The molecule has 1 aromatic heterocycles. The minimum atomic E-state index is -1.08. The topological polar surface area (TPSA) is 64.0 Å². The van der Waals surface area contributed by atoms with Gasteiger partial charge in [-0.15, -0.1) is 0 Å². The van der Waals surface area contributed by atoms with Gasteiger partial charge in [0, 0.05) is 29.4 Å². The molecule has 2 aromatic carbocycles. The van der Waals surface area contributed by atoms with Crippen LogP contribution < -0.4 is 10.9 Å². The number of benzene rings is 2. The fourth-order valence-corrected chi connectivity index (χ4v) is 3.59. The van der Waals surface area contributed by atoms with Gasteiger partial charge in [0.15, 0.2) is 5.78 Å². The molecule has 154 valence electrons. The molecule has 4 rings (SSSR count). The van der Waals surface area contributed by atoms with Crippen molar-refractivity contribution >= 4 is 17.4 Å². The van der Waals surface area contributed by atoms with E-state index in [4.69, 9.17) is 0 Å². The number of rotatable bonds is 4. The molecule has 0 spiro atoms. The first kappa shape index (κ1) is 19.9. The molecule has 1 aliphatic carbocycles. The van der Waals surface area contributed by atoms with E-state index in [2.05, 4.69) is 10.3 Å². The molecule has 1 heterocycles. The maximum Gasteiger partial charge on any atom is 0.310 e. The van der Waals surface area contributed by atoms with Crippen LogP contribution in [0, 0.1) is 24.4 Å². The zero-order valence-corrected chi connectivity index (χ0v) is 16.1. The first-order valence-electron chi connectivity index (χ1n) is 9.47. The third-order valence-electron chi connectivity index (χ3n) is 5.20. The van der Waals surface area contributed by atoms with Crippen molar-refractivity contribution in [2.45, 2.75) is 32.7 Å². The second kappa shape index (κ2) is 7.78. The highest BCUT2D eigenvalue weighted by Gasteiger charge is 2.20. The van der Waals surface area contributed by atoms with Crippen LogP contribution in [-0.4, -0.2) is 15.3 Å². The smallest absolute Gasteiger partial charge is 0.310 e. The number of anilines is 2. The molecule has 0 saturated carbocycles. The zero-order chi connectivity index (χ0) is 21.4. The van der Waals surface area contributed by atoms with E-state index in [1.807, 2.05) is 0 Å². The molecule has 8 heteroatoms. The number of hydrogen-bond acceptors (Lipinski definition) is 4. The molecular weight excluding hydrogens is 395 g/mol. The van der Waals surface area contributed by atoms with Crippen molar-refractivity contribution in [3.63, 3.8) is 0 Å². The average molecular weight is 413 g/mol. The van der Waals surface area contributed by atoms with E-state index in [1.165, 1.54) is 11.5 Å². The number of hydrogen-bond donors (Lipinski definition) is 1. The lowest BCUT2D eigenvalue weighted by atomic mass is 9.89. The van der Waals surface area contributed by atoms with Gasteiger partial charge in [-0.2, -0.15) is 9.37 Å². The largest absolute Gasteiger partial charge is 0.325 e. The van der Waals surface area contributed by atoms with Gasteiger partial charge in [-0.3, -0.25) is 9.59 Å². The number of fused-ring (bicyclic) bond motifs is 1. The number of halogens is 3. The molecular formula is C22H18F3N3O2. The summed E-state index contributed by atoms with van der Waals surface area (Å²) in [4.78, 5) is 27.7. The summed E-state index contributed by atoms with van der Waals surface area (Å²) in [5.41, 5.74) is 1.05. The van der Waals surface area contributed by atoms with Gasteiger partial charge in [-0.1, -0.05) is 12.1 Å². The summed E-state index contributed by atoms with van der Waals surface area (Å²) < 4.78 is 43.0. The molecule has 0 bridgehead atoms. The van der Waals surface area contributed by atoms with E-state index < -0.39 is 23.0 Å². The molecule has 3 aromatic rings. The number of nitrogens with one attached hydrogen (secondary N) is 1. The minimum Gasteiger partial charge on any atom is -0.325 e. The predicted octanol–water partition coefficient (Wildman–Crippen LogP) is 4.28. The van der Waals surface area contributed by atoms with E-state index in [0.717, 1.165) is 23.9 Å². The van der Waals surface area contributed by atoms with Gasteiger partial charge in [0.25, 0.3) is 0 Å². The van der Waals surface area contributed by atoms with Gasteiger partial charge in [0.2, 0.25) is 11.8 Å². The van der Waals surface area contributed by atoms with Crippen LogP contribution in [0.3, 0.4) is 0 Å². The summed E-state index contributed by atoms with van der Waals surface area (Å²) in [6, 6.07) is 7.50. The van der Waals surface area contributed by atoms with Crippen molar-refractivity contribution in [2.24, 2.45) is 0 Å².